The molecule has 2 N–H and O–H groups in total. The maximum absolute atomic E-state index is 12.5. The van der Waals surface area contributed by atoms with Crippen LogP contribution in [0.4, 0.5) is 11.4 Å². The first-order valence-electron chi connectivity index (χ1n) is 9.52. The molecule has 2 aromatic carbocycles. The fourth-order valence-corrected chi connectivity index (χ4v) is 4.40. The summed E-state index contributed by atoms with van der Waals surface area (Å²) in [6.45, 7) is 2.13. The highest BCUT2D eigenvalue weighted by Gasteiger charge is 2.14. The van der Waals surface area contributed by atoms with Crippen molar-refractivity contribution in [2.24, 2.45) is 0 Å². The van der Waals surface area contributed by atoms with Gasteiger partial charge in [0.1, 0.15) is 0 Å². The van der Waals surface area contributed by atoms with Gasteiger partial charge in [-0.3, -0.25) is 9.52 Å². The Balaban J connectivity index is 1.94. The van der Waals surface area contributed by atoms with Crippen LogP contribution < -0.4 is 10.0 Å². The Hall–Kier alpha value is -1.61. The van der Waals surface area contributed by atoms with Crippen LogP contribution in [0.1, 0.15) is 44.6 Å². The van der Waals surface area contributed by atoms with E-state index in [1.54, 1.807) is 24.3 Å². The average Bonchev–Trinajstić information content (AvgIpc) is 2.67. The van der Waals surface area contributed by atoms with Gasteiger partial charge in [-0.2, -0.15) is 0 Å². The Morgan fingerprint density at radius 1 is 0.929 bits per heavy atom. The molecule has 5 nitrogen and oxygen atoms in total. The van der Waals surface area contributed by atoms with E-state index in [1.807, 2.05) is 12.1 Å². The van der Waals surface area contributed by atoms with Crippen molar-refractivity contribution in [1.82, 2.24) is 0 Å². The van der Waals surface area contributed by atoms with Crippen molar-refractivity contribution >= 4 is 49.9 Å². The summed E-state index contributed by atoms with van der Waals surface area (Å²) in [5, 5.41) is 2.81. The molecule has 2 aromatic rings. The number of halogens is 1. The van der Waals surface area contributed by atoms with Crippen molar-refractivity contribution in [2.45, 2.75) is 50.3 Å². The van der Waals surface area contributed by atoms with Crippen LogP contribution in [0.2, 0.25) is 0 Å². The van der Waals surface area contributed by atoms with Crippen molar-refractivity contribution in [2.75, 3.05) is 14.5 Å². The summed E-state index contributed by atoms with van der Waals surface area (Å²) in [7, 11) is -3.67. The molecule has 0 aliphatic rings. The minimum atomic E-state index is -3.67. The van der Waals surface area contributed by atoms with Gasteiger partial charge in [0, 0.05) is 22.2 Å². The SMILES string of the molecule is CCCCCCC(=O)Nc1ccc(S(=O)(=O)Nc2ccc(CCI)cc2)cc1. The molecular formula is C21H27IN2O3S. The van der Waals surface area contributed by atoms with Crippen LogP contribution >= 0.6 is 22.6 Å². The van der Waals surface area contributed by atoms with E-state index >= 15 is 0 Å². The molecule has 0 spiro atoms. The Kier molecular flexibility index (Phi) is 9.24. The molecule has 1 amide bonds. The van der Waals surface area contributed by atoms with Gasteiger partial charge in [-0.15, -0.1) is 0 Å². The lowest BCUT2D eigenvalue weighted by Crippen LogP contribution is -2.14. The Labute approximate surface area is 181 Å². The Bertz CT molecular complexity index is 850. The first-order chi connectivity index (χ1) is 13.4. The summed E-state index contributed by atoms with van der Waals surface area (Å²) in [6, 6.07) is 13.6. The molecule has 0 heterocycles. The summed E-state index contributed by atoms with van der Waals surface area (Å²) in [5.74, 6) is -0.0450. The third-order valence-corrected chi connectivity index (χ3v) is 6.23. The van der Waals surface area contributed by atoms with E-state index in [2.05, 4.69) is 39.6 Å². The number of sulfonamides is 1. The molecule has 0 aromatic heterocycles. The predicted molar refractivity (Wildman–Crippen MR) is 124 cm³/mol. The van der Waals surface area contributed by atoms with Crippen LogP contribution in [-0.2, 0) is 21.2 Å². The van der Waals surface area contributed by atoms with Crippen LogP contribution in [0.25, 0.3) is 0 Å². The molecule has 0 fully saturated rings. The lowest BCUT2D eigenvalue weighted by atomic mass is 10.1. The maximum Gasteiger partial charge on any atom is 0.261 e. The standard InChI is InChI=1S/C21H27IN2O3S/c1-2-3-4-5-6-21(25)23-18-11-13-20(14-12-18)28(26,27)24-19-9-7-17(8-10-19)15-16-22/h7-14,24H,2-6,15-16H2,1H3,(H,23,25). The number of unbranched alkanes of at least 4 members (excludes halogenated alkanes) is 3. The predicted octanol–water partition coefficient (Wildman–Crippen LogP) is 5.37. The van der Waals surface area contributed by atoms with Crippen molar-refractivity contribution in [3.05, 3.63) is 54.1 Å². The largest absolute Gasteiger partial charge is 0.326 e. The summed E-state index contributed by atoms with van der Waals surface area (Å²) >= 11 is 2.31. The zero-order valence-electron chi connectivity index (χ0n) is 16.1. The summed E-state index contributed by atoms with van der Waals surface area (Å²) < 4.78 is 28.7. The fraction of sp³-hybridized carbons (Fsp3) is 0.381. The maximum atomic E-state index is 12.5. The number of aryl methyl sites for hydroxylation is 1. The average molecular weight is 514 g/mol. The number of rotatable bonds is 11. The lowest BCUT2D eigenvalue weighted by molar-refractivity contribution is -0.116. The summed E-state index contributed by atoms with van der Waals surface area (Å²) in [5.41, 5.74) is 2.30. The second-order valence-electron chi connectivity index (χ2n) is 6.62. The Morgan fingerprint density at radius 3 is 2.18 bits per heavy atom. The van der Waals surface area contributed by atoms with Gasteiger partial charge in [0.15, 0.2) is 0 Å². The molecular weight excluding hydrogens is 487 g/mol. The number of hydrogen-bond acceptors (Lipinski definition) is 3. The normalized spacial score (nSPS) is 11.2. The van der Waals surface area contributed by atoms with E-state index in [0.717, 1.165) is 36.5 Å². The first kappa shape index (κ1) is 22.7. The molecule has 28 heavy (non-hydrogen) atoms. The smallest absolute Gasteiger partial charge is 0.261 e. The molecule has 0 unspecified atom stereocenters. The van der Waals surface area contributed by atoms with Crippen molar-refractivity contribution in [3.63, 3.8) is 0 Å². The minimum Gasteiger partial charge on any atom is -0.326 e. The monoisotopic (exact) mass is 514 g/mol. The molecule has 0 aliphatic carbocycles. The van der Waals surface area contributed by atoms with Gasteiger partial charge in [-0.05, 0) is 54.8 Å². The van der Waals surface area contributed by atoms with Gasteiger partial charge in [0.05, 0.1) is 4.90 Å². The van der Waals surface area contributed by atoms with Crippen LogP contribution in [0.3, 0.4) is 0 Å². The zero-order valence-corrected chi connectivity index (χ0v) is 19.1. The van der Waals surface area contributed by atoms with Gasteiger partial charge in [-0.25, -0.2) is 8.42 Å². The highest BCUT2D eigenvalue weighted by molar-refractivity contribution is 14.1. The van der Waals surface area contributed by atoms with Crippen LogP contribution in [0, 0.1) is 0 Å². The third kappa shape index (κ3) is 7.43. The molecule has 0 atom stereocenters. The van der Waals surface area contributed by atoms with Gasteiger partial charge < -0.3 is 5.32 Å². The van der Waals surface area contributed by atoms with E-state index in [0.29, 0.717) is 17.8 Å². The van der Waals surface area contributed by atoms with E-state index in [9.17, 15) is 13.2 Å². The fourth-order valence-electron chi connectivity index (χ4n) is 2.72. The highest BCUT2D eigenvalue weighted by Crippen LogP contribution is 2.19. The lowest BCUT2D eigenvalue weighted by Gasteiger charge is -2.10. The number of carbonyl (C=O) groups is 1. The highest BCUT2D eigenvalue weighted by atomic mass is 127. The molecule has 0 aliphatic heterocycles. The molecule has 0 bridgehead atoms. The minimum absolute atomic E-state index is 0.0450. The van der Waals surface area contributed by atoms with Crippen LogP contribution in [-0.4, -0.2) is 18.8 Å². The topological polar surface area (TPSA) is 75.3 Å². The second kappa shape index (κ2) is 11.4. The zero-order chi connectivity index (χ0) is 20.4. The Morgan fingerprint density at radius 2 is 1.57 bits per heavy atom. The van der Waals surface area contributed by atoms with E-state index in [-0.39, 0.29) is 10.8 Å². The number of carbonyl (C=O) groups excluding carboxylic acids is 1. The molecule has 0 radical (unpaired) electrons. The third-order valence-electron chi connectivity index (χ3n) is 4.30. The second-order valence-corrected chi connectivity index (χ2v) is 9.39. The molecule has 152 valence electrons. The quantitative estimate of drug-likeness (QED) is 0.241. The summed E-state index contributed by atoms with van der Waals surface area (Å²) in [6.07, 6.45) is 5.62. The van der Waals surface area contributed by atoms with Gasteiger partial charge >= 0.3 is 0 Å². The van der Waals surface area contributed by atoms with E-state index in [1.165, 1.54) is 17.7 Å². The molecule has 7 heteroatoms. The first-order valence-corrected chi connectivity index (χ1v) is 12.5. The number of anilines is 2. The molecule has 0 saturated heterocycles. The van der Waals surface area contributed by atoms with Gasteiger partial charge in [-0.1, -0.05) is 60.9 Å². The molecule has 2 rings (SSSR count). The number of nitrogens with one attached hydrogen (secondary N) is 2. The van der Waals surface area contributed by atoms with E-state index < -0.39 is 10.0 Å². The number of alkyl halides is 1. The van der Waals surface area contributed by atoms with Crippen molar-refractivity contribution < 1.29 is 13.2 Å². The van der Waals surface area contributed by atoms with Crippen LogP contribution in [0.5, 0.6) is 0 Å². The number of hydrogen-bond donors (Lipinski definition) is 2. The van der Waals surface area contributed by atoms with Gasteiger partial charge in [0.2, 0.25) is 5.91 Å². The van der Waals surface area contributed by atoms with Crippen molar-refractivity contribution in [1.29, 1.82) is 0 Å². The van der Waals surface area contributed by atoms with E-state index in [4.69, 9.17) is 0 Å². The van der Waals surface area contributed by atoms with Crippen LogP contribution in [0.15, 0.2) is 53.4 Å². The van der Waals surface area contributed by atoms with Crippen molar-refractivity contribution in [3.8, 4) is 0 Å². The summed E-state index contributed by atoms with van der Waals surface area (Å²) in [4.78, 5) is 12.1. The number of benzene rings is 2. The molecule has 0 saturated carbocycles. The van der Waals surface area contributed by atoms with Gasteiger partial charge in [0.25, 0.3) is 10.0 Å². The number of amides is 1.